The van der Waals surface area contributed by atoms with Gasteiger partial charge in [0.25, 0.3) is 0 Å². The lowest BCUT2D eigenvalue weighted by molar-refractivity contribution is -0.144. The highest BCUT2D eigenvalue weighted by Gasteiger charge is 2.47. The Hall–Kier alpha value is -1.71. The van der Waals surface area contributed by atoms with Crippen LogP contribution in [0.5, 0.6) is 5.75 Å². The van der Waals surface area contributed by atoms with Gasteiger partial charge in [0.2, 0.25) is 0 Å². The minimum absolute atomic E-state index is 0.0997. The Morgan fingerprint density at radius 3 is 2.88 bits per heavy atom. The molecule has 1 N–H and O–H groups in total. The fourth-order valence-electron chi connectivity index (χ4n) is 2.75. The van der Waals surface area contributed by atoms with Crippen LogP contribution in [0, 0.1) is 4.91 Å². The first kappa shape index (κ1) is 18.6. The van der Waals surface area contributed by atoms with E-state index in [2.05, 4.69) is 19.8 Å². The summed E-state index contributed by atoms with van der Waals surface area (Å²) in [5.41, 5.74) is 0. The highest BCUT2D eigenvalue weighted by Crippen LogP contribution is 2.40. The van der Waals surface area contributed by atoms with Gasteiger partial charge in [0.1, 0.15) is 18.5 Å². The second-order valence-electron chi connectivity index (χ2n) is 5.67. The zero-order valence-electron chi connectivity index (χ0n) is 13.8. The Balaban J connectivity index is 2.07. The molecule has 1 unspecified atom stereocenters. The normalized spacial score (nSPS) is 18.6. The minimum atomic E-state index is -0.685. The first-order valence-electron chi connectivity index (χ1n) is 7.65. The first-order chi connectivity index (χ1) is 11.6. The van der Waals surface area contributed by atoms with Gasteiger partial charge in [-0.15, -0.1) is 4.91 Å². The fourth-order valence-corrected chi connectivity index (χ4v) is 3.55. The summed E-state index contributed by atoms with van der Waals surface area (Å²) in [5, 5.41) is 3.07. The van der Waals surface area contributed by atoms with Crippen LogP contribution in [0.3, 0.4) is 0 Å². The number of nitrogens with zero attached hydrogens (tertiary/aromatic N) is 3. The number of likely N-dealkylation sites (tertiary alicyclic amines) is 1. The number of aromatic nitrogens is 1. The standard InChI is InChI=1S/C15H22N4O4S/c1-19-8-5-15(6-9-19,24-18-21)13(14(20)22-2)17-11-23-12-4-3-7-16-10-12/h3-4,7,10,13,17H,5-6,8-9,11H2,1-2H3. The van der Waals surface area contributed by atoms with Crippen LogP contribution in [-0.2, 0) is 9.53 Å². The highest BCUT2D eigenvalue weighted by atomic mass is 32.2. The van der Waals surface area contributed by atoms with E-state index >= 15 is 0 Å². The number of nitroso groups, excluding NO2 is 1. The molecular weight excluding hydrogens is 332 g/mol. The van der Waals surface area contributed by atoms with Crippen molar-refractivity contribution in [3.05, 3.63) is 29.4 Å². The fraction of sp³-hybridized carbons (Fsp3) is 0.600. The van der Waals surface area contributed by atoms with Gasteiger partial charge in [-0.2, -0.15) is 0 Å². The van der Waals surface area contributed by atoms with Gasteiger partial charge >= 0.3 is 5.97 Å². The number of rotatable bonds is 8. The molecule has 1 aromatic rings. The summed E-state index contributed by atoms with van der Waals surface area (Å²) in [6.07, 6.45) is 4.54. The van der Waals surface area contributed by atoms with E-state index in [4.69, 9.17) is 9.47 Å². The zero-order chi connectivity index (χ0) is 17.4. The van der Waals surface area contributed by atoms with E-state index in [1.54, 1.807) is 24.5 Å². The van der Waals surface area contributed by atoms with Crippen molar-refractivity contribution in [2.45, 2.75) is 23.6 Å². The molecule has 1 aliphatic rings. The number of carbonyl (C=O) groups excluding carboxylic acids is 1. The molecule has 9 heteroatoms. The highest BCUT2D eigenvalue weighted by molar-refractivity contribution is 7.99. The van der Waals surface area contributed by atoms with Crippen LogP contribution in [0.4, 0.5) is 0 Å². The third-order valence-electron chi connectivity index (χ3n) is 4.18. The van der Waals surface area contributed by atoms with Gasteiger partial charge in [-0.05, 0) is 45.1 Å². The van der Waals surface area contributed by atoms with Crippen molar-refractivity contribution in [2.24, 2.45) is 4.58 Å². The summed E-state index contributed by atoms with van der Waals surface area (Å²) < 4.78 is 12.9. The van der Waals surface area contributed by atoms with Gasteiger partial charge in [0.15, 0.2) is 0 Å². The van der Waals surface area contributed by atoms with Gasteiger partial charge in [0, 0.05) is 22.7 Å². The van der Waals surface area contributed by atoms with E-state index in [0.29, 0.717) is 18.6 Å². The Labute approximate surface area is 145 Å². The van der Waals surface area contributed by atoms with E-state index < -0.39 is 16.8 Å². The molecule has 1 fully saturated rings. The summed E-state index contributed by atoms with van der Waals surface area (Å²) in [5.74, 6) is 0.165. The van der Waals surface area contributed by atoms with Crippen molar-refractivity contribution in [3.8, 4) is 5.75 Å². The third-order valence-corrected chi connectivity index (χ3v) is 5.26. The van der Waals surface area contributed by atoms with Crippen molar-refractivity contribution >= 4 is 17.9 Å². The molecule has 0 saturated carbocycles. The number of esters is 1. The number of ether oxygens (including phenoxy) is 2. The van der Waals surface area contributed by atoms with Gasteiger partial charge < -0.3 is 14.4 Å². The minimum Gasteiger partial charge on any atom is -0.477 e. The monoisotopic (exact) mass is 354 g/mol. The summed E-state index contributed by atoms with van der Waals surface area (Å²) in [7, 11) is 3.34. The lowest BCUT2D eigenvalue weighted by Gasteiger charge is -2.42. The maximum atomic E-state index is 12.3. The molecule has 1 atom stereocenters. The van der Waals surface area contributed by atoms with Crippen LogP contribution in [0.15, 0.2) is 29.1 Å². The van der Waals surface area contributed by atoms with Crippen molar-refractivity contribution < 1.29 is 14.3 Å². The van der Waals surface area contributed by atoms with E-state index in [1.165, 1.54) is 7.11 Å². The smallest absolute Gasteiger partial charge is 0.324 e. The number of methoxy groups -OCH3 is 1. The number of piperidine rings is 1. The van der Waals surface area contributed by atoms with Crippen LogP contribution in [-0.4, -0.2) is 60.6 Å². The van der Waals surface area contributed by atoms with Gasteiger partial charge in [-0.25, -0.2) is 0 Å². The van der Waals surface area contributed by atoms with E-state index in [1.807, 2.05) is 7.05 Å². The summed E-state index contributed by atoms with van der Waals surface area (Å²) >= 11 is 0.911. The van der Waals surface area contributed by atoms with Crippen molar-refractivity contribution in [2.75, 3.05) is 34.0 Å². The van der Waals surface area contributed by atoms with E-state index in [0.717, 1.165) is 25.0 Å². The molecule has 0 spiro atoms. The number of hydrogen-bond acceptors (Lipinski definition) is 9. The molecule has 132 valence electrons. The molecule has 2 rings (SSSR count). The molecule has 1 aromatic heterocycles. The van der Waals surface area contributed by atoms with Gasteiger partial charge in [0.05, 0.1) is 18.1 Å². The molecule has 24 heavy (non-hydrogen) atoms. The number of hydrogen-bond donors (Lipinski definition) is 1. The predicted molar refractivity (Wildman–Crippen MR) is 91.5 cm³/mol. The predicted octanol–water partition coefficient (Wildman–Crippen LogP) is 1.43. The average Bonchev–Trinajstić information content (AvgIpc) is 2.61. The van der Waals surface area contributed by atoms with Crippen LogP contribution in [0.1, 0.15) is 12.8 Å². The molecule has 0 aliphatic carbocycles. The maximum absolute atomic E-state index is 12.3. The van der Waals surface area contributed by atoms with Crippen molar-refractivity contribution in [1.82, 2.24) is 15.2 Å². The summed E-state index contributed by atoms with van der Waals surface area (Å²) in [6, 6.07) is 2.85. The Morgan fingerprint density at radius 2 is 2.29 bits per heavy atom. The van der Waals surface area contributed by atoms with Crippen LogP contribution < -0.4 is 10.1 Å². The number of carbonyl (C=O) groups is 1. The maximum Gasteiger partial charge on any atom is 0.324 e. The largest absolute Gasteiger partial charge is 0.477 e. The molecule has 0 amide bonds. The number of nitrogens with one attached hydrogen (secondary N) is 1. The Morgan fingerprint density at radius 1 is 1.54 bits per heavy atom. The van der Waals surface area contributed by atoms with Crippen LogP contribution in [0.25, 0.3) is 0 Å². The summed E-state index contributed by atoms with van der Waals surface area (Å²) in [4.78, 5) is 29.4. The molecular formula is C15H22N4O4S. The van der Waals surface area contributed by atoms with Crippen molar-refractivity contribution in [1.29, 1.82) is 0 Å². The first-order valence-corrected chi connectivity index (χ1v) is 8.42. The number of pyridine rings is 1. The lowest BCUT2D eigenvalue weighted by atomic mass is 9.88. The topological polar surface area (TPSA) is 93.1 Å². The van der Waals surface area contributed by atoms with E-state index in [9.17, 15) is 9.70 Å². The second kappa shape index (κ2) is 8.95. The quantitative estimate of drug-likeness (QED) is 0.324. The van der Waals surface area contributed by atoms with Crippen molar-refractivity contribution in [3.63, 3.8) is 0 Å². The Bertz CT molecular complexity index is 538. The van der Waals surface area contributed by atoms with Gasteiger partial charge in [-0.1, -0.05) is 0 Å². The molecule has 2 heterocycles. The Kier molecular flexibility index (Phi) is 6.95. The molecule has 0 bridgehead atoms. The zero-order valence-corrected chi connectivity index (χ0v) is 14.6. The molecule has 0 radical (unpaired) electrons. The second-order valence-corrected chi connectivity index (χ2v) is 6.82. The lowest BCUT2D eigenvalue weighted by Crippen LogP contribution is -2.58. The average molecular weight is 354 g/mol. The summed E-state index contributed by atoms with van der Waals surface area (Å²) in [6.45, 7) is 1.66. The van der Waals surface area contributed by atoms with Crippen LogP contribution >= 0.6 is 11.9 Å². The molecule has 0 aromatic carbocycles. The van der Waals surface area contributed by atoms with E-state index in [-0.39, 0.29) is 6.73 Å². The van der Waals surface area contributed by atoms with Gasteiger partial charge in [-0.3, -0.25) is 15.1 Å². The third kappa shape index (κ3) is 4.65. The SMILES string of the molecule is COC(=O)C(NCOc1cccnc1)C1(SN=O)CCN(C)CC1. The molecule has 1 saturated heterocycles. The molecule has 1 aliphatic heterocycles. The van der Waals surface area contributed by atoms with Crippen LogP contribution in [0.2, 0.25) is 0 Å². The molecule has 8 nitrogen and oxygen atoms in total.